The summed E-state index contributed by atoms with van der Waals surface area (Å²) in [6.07, 6.45) is -7.77. The largest absolute Gasteiger partial charge is 0.490 e. The monoisotopic (exact) mass is 845 g/mol. The Labute approximate surface area is 346 Å². The molecule has 4 amide bonds. The molecule has 0 aromatic heterocycles. The Hall–Kier alpha value is -6.21. The minimum absolute atomic E-state index is 0.00359. The Kier molecular flexibility index (Phi) is 21.6. The highest BCUT2D eigenvalue weighted by atomic mass is 19.4. The molecule has 0 aliphatic rings. The van der Waals surface area contributed by atoms with E-state index in [0.717, 1.165) is 11.1 Å². The van der Waals surface area contributed by atoms with Crippen molar-refractivity contribution in [2.75, 3.05) is 13.1 Å². The summed E-state index contributed by atoms with van der Waals surface area (Å²) in [7, 11) is 0. The Morgan fingerprint density at radius 3 is 1.88 bits per heavy atom. The second-order valence-corrected chi connectivity index (χ2v) is 14.0. The summed E-state index contributed by atoms with van der Waals surface area (Å²) >= 11 is 0. The van der Waals surface area contributed by atoms with Crippen LogP contribution in [0, 0.1) is 5.92 Å². The first kappa shape index (κ1) is 49.9. The van der Waals surface area contributed by atoms with Crippen molar-refractivity contribution >= 4 is 35.7 Å². The van der Waals surface area contributed by atoms with E-state index >= 15 is 0 Å². The Morgan fingerprint density at radius 2 is 1.35 bits per heavy atom. The van der Waals surface area contributed by atoms with Crippen LogP contribution in [0.15, 0.2) is 96.0 Å². The summed E-state index contributed by atoms with van der Waals surface area (Å²) in [6.45, 7) is 4.29. The molecule has 0 spiro atoms. The third-order valence-electron chi connectivity index (χ3n) is 8.54. The molecule has 0 aliphatic heterocycles. The third-order valence-corrected chi connectivity index (χ3v) is 8.54. The number of hydrogen-bond acceptors (Lipinski definition) is 9. The average molecular weight is 846 g/mol. The number of rotatable bonds is 21. The fraction of sp³-hybridized carbons (Fsp3) is 0.415. The molecule has 0 unspecified atom stereocenters. The number of halogens is 3. The number of nitrogens with two attached hydrogens (primary N) is 2. The van der Waals surface area contributed by atoms with Gasteiger partial charge in [0, 0.05) is 13.1 Å². The number of carbonyl (C=O) groups excluding carboxylic acids is 4. The number of nitrogens with zero attached hydrogens (tertiary/aromatic N) is 1. The number of ether oxygens (including phenoxy) is 1. The van der Waals surface area contributed by atoms with Crippen molar-refractivity contribution in [3.05, 3.63) is 108 Å². The van der Waals surface area contributed by atoms with E-state index in [1.165, 1.54) is 0 Å². The zero-order valence-electron chi connectivity index (χ0n) is 33.3. The molecule has 11 N–H and O–H groups in total. The van der Waals surface area contributed by atoms with Crippen molar-refractivity contribution < 1.29 is 57.2 Å². The average Bonchev–Trinajstić information content (AvgIpc) is 3.20. The van der Waals surface area contributed by atoms with Crippen molar-refractivity contribution in [3.63, 3.8) is 0 Å². The van der Waals surface area contributed by atoms with Crippen molar-refractivity contribution in [3.8, 4) is 0 Å². The number of carboxylic acids is 1. The maximum atomic E-state index is 14.0. The van der Waals surface area contributed by atoms with Crippen molar-refractivity contribution in [1.29, 1.82) is 0 Å². The summed E-state index contributed by atoms with van der Waals surface area (Å²) in [5.74, 6) is -4.85. The molecular formula is C41H54F3N7O9. The number of aliphatic imine (C=N–C) groups is 1. The van der Waals surface area contributed by atoms with Crippen molar-refractivity contribution in [2.24, 2.45) is 22.4 Å². The molecule has 0 fully saturated rings. The van der Waals surface area contributed by atoms with Gasteiger partial charge in [0.05, 0.1) is 18.6 Å². The maximum absolute atomic E-state index is 14.0. The van der Waals surface area contributed by atoms with Gasteiger partial charge in [0.2, 0.25) is 17.7 Å². The van der Waals surface area contributed by atoms with E-state index in [9.17, 15) is 42.6 Å². The molecule has 0 radical (unpaired) electrons. The third kappa shape index (κ3) is 20.0. The molecule has 3 aromatic carbocycles. The number of benzene rings is 3. The quantitative estimate of drug-likeness (QED) is 0.0428. The summed E-state index contributed by atoms with van der Waals surface area (Å²) < 4.78 is 37.1. The van der Waals surface area contributed by atoms with Gasteiger partial charge < -0.3 is 52.8 Å². The Bertz CT molecular complexity index is 1800. The lowest BCUT2D eigenvalue weighted by molar-refractivity contribution is -0.192. The standard InChI is InChI=1S/C39H53N7O7.C2HF3O2/c1-26(2)23-31(32(47)24-33(48)42-22-20-27-13-6-3-7-14-27)44-37(51)34(35(49)29-17-10-5-11-18-29)46-36(50)30(19-12-21-43-38(40)41)45-39(52)53-25-28-15-8-4-9-16-28;3-2(4,5)1(6)7/h3-11,13-18,26,30-32,34-35,47,49H,12,19-25H2,1-2H3,(H,42,48)(H,44,51)(H,45,52)(H,46,50)(H4,40,41,43);(H,6,7)/t30-,31-,32-,34-,35+;/m0./s1. The maximum Gasteiger partial charge on any atom is 0.490 e. The smallest absolute Gasteiger partial charge is 0.475 e. The Morgan fingerprint density at radius 1 is 0.800 bits per heavy atom. The number of alkyl carbamates (subject to hydrolysis) is 1. The molecule has 0 bridgehead atoms. The molecule has 328 valence electrons. The van der Waals surface area contributed by atoms with Crippen LogP contribution < -0.4 is 32.7 Å². The number of amides is 4. The normalized spacial score (nSPS) is 13.5. The SMILES string of the molecule is CC(C)C[C@H](NC(=O)[C@@H](NC(=O)[C@H](CCCN=C(N)N)NC(=O)OCc1ccccc1)[C@H](O)c1ccccc1)[C@@H](O)CC(=O)NCCc1ccccc1.O=C(O)C(F)(F)F. The van der Waals surface area contributed by atoms with Crippen LogP contribution in [-0.2, 0) is 36.9 Å². The van der Waals surface area contributed by atoms with E-state index in [1.54, 1.807) is 54.6 Å². The minimum atomic E-state index is -5.08. The van der Waals surface area contributed by atoms with Gasteiger partial charge in [-0.2, -0.15) is 13.2 Å². The lowest BCUT2D eigenvalue weighted by atomic mass is 9.95. The van der Waals surface area contributed by atoms with Crippen LogP contribution in [0.25, 0.3) is 0 Å². The zero-order valence-corrected chi connectivity index (χ0v) is 33.3. The van der Waals surface area contributed by atoms with E-state index in [1.807, 2.05) is 50.2 Å². The fourth-order valence-electron chi connectivity index (χ4n) is 5.55. The van der Waals surface area contributed by atoms with Crippen LogP contribution in [0.2, 0.25) is 0 Å². The number of nitrogens with one attached hydrogen (secondary N) is 4. The second kappa shape index (κ2) is 26.0. The molecule has 0 saturated heterocycles. The van der Waals surface area contributed by atoms with Crippen LogP contribution in [0.5, 0.6) is 0 Å². The molecule has 3 rings (SSSR count). The van der Waals surface area contributed by atoms with E-state index in [-0.39, 0.29) is 50.2 Å². The van der Waals surface area contributed by atoms with Crippen LogP contribution >= 0.6 is 0 Å². The number of guanidine groups is 1. The summed E-state index contributed by atoms with van der Waals surface area (Å²) in [5.41, 5.74) is 13.0. The number of aliphatic hydroxyl groups excluding tert-OH is 2. The number of hydrogen-bond donors (Lipinski definition) is 9. The van der Waals surface area contributed by atoms with Gasteiger partial charge in [0.25, 0.3) is 0 Å². The second-order valence-electron chi connectivity index (χ2n) is 14.0. The van der Waals surface area contributed by atoms with Gasteiger partial charge in [-0.15, -0.1) is 0 Å². The van der Waals surface area contributed by atoms with Gasteiger partial charge in [0.1, 0.15) is 24.8 Å². The summed E-state index contributed by atoms with van der Waals surface area (Å²) in [5, 5.41) is 40.5. The van der Waals surface area contributed by atoms with E-state index < -0.39 is 60.4 Å². The highest BCUT2D eigenvalue weighted by Crippen LogP contribution is 2.19. The molecule has 0 heterocycles. The van der Waals surface area contributed by atoms with Gasteiger partial charge in [-0.1, -0.05) is 105 Å². The lowest BCUT2D eigenvalue weighted by Crippen LogP contribution is -2.58. The van der Waals surface area contributed by atoms with Gasteiger partial charge >= 0.3 is 18.2 Å². The van der Waals surface area contributed by atoms with Crippen LogP contribution in [0.4, 0.5) is 18.0 Å². The highest BCUT2D eigenvalue weighted by Gasteiger charge is 2.38. The number of alkyl halides is 3. The summed E-state index contributed by atoms with van der Waals surface area (Å²) in [6, 6.07) is 23.3. The highest BCUT2D eigenvalue weighted by molar-refractivity contribution is 5.92. The predicted octanol–water partition coefficient (Wildman–Crippen LogP) is 2.83. The fourth-order valence-corrected chi connectivity index (χ4v) is 5.55. The molecule has 0 aliphatic carbocycles. The van der Waals surface area contributed by atoms with Gasteiger partial charge in [-0.25, -0.2) is 9.59 Å². The first-order chi connectivity index (χ1) is 28.4. The van der Waals surface area contributed by atoms with E-state index in [4.69, 9.17) is 26.1 Å². The molecule has 60 heavy (non-hydrogen) atoms. The zero-order chi connectivity index (χ0) is 44.7. The van der Waals surface area contributed by atoms with Crippen molar-refractivity contribution in [1.82, 2.24) is 21.3 Å². The topological polar surface area (TPSA) is 268 Å². The molecular weight excluding hydrogens is 791 g/mol. The molecule has 3 aromatic rings. The predicted molar refractivity (Wildman–Crippen MR) is 216 cm³/mol. The summed E-state index contributed by atoms with van der Waals surface area (Å²) in [4.78, 5) is 66.2. The number of carbonyl (C=O) groups is 5. The van der Waals surface area contributed by atoms with Gasteiger partial charge in [0.15, 0.2) is 5.96 Å². The van der Waals surface area contributed by atoms with Crippen molar-refractivity contribution in [2.45, 2.75) is 89.1 Å². The number of aliphatic carboxylic acids is 1. The van der Waals surface area contributed by atoms with Crippen LogP contribution in [0.1, 0.15) is 62.3 Å². The molecule has 19 heteroatoms. The van der Waals surface area contributed by atoms with Gasteiger partial charge in [-0.3, -0.25) is 19.4 Å². The molecule has 5 atom stereocenters. The van der Waals surface area contributed by atoms with Gasteiger partial charge in [-0.05, 0) is 48.3 Å². The van der Waals surface area contributed by atoms with E-state index in [2.05, 4.69) is 26.3 Å². The molecule has 0 saturated carbocycles. The lowest BCUT2D eigenvalue weighted by Gasteiger charge is -2.30. The first-order valence-electron chi connectivity index (χ1n) is 19.0. The first-order valence-corrected chi connectivity index (χ1v) is 19.0. The van der Waals surface area contributed by atoms with Crippen LogP contribution in [0.3, 0.4) is 0 Å². The van der Waals surface area contributed by atoms with E-state index in [0.29, 0.717) is 24.9 Å². The number of aliphatic hydroxyl groups is 2. The molecule has 16 nitrogen and oxygen atoms in total. The minimum Gasteiger partial charge on any atom is -0.475 e. The van der Waals surface area contributed by atoms with Crippen LogP contribution in [-0.4, -0.2) is 94.6 Å². The Balaban J connectivity index is 0.00000162. The number of carboxylic acid groups (broad SMARTS) is 1.